The Labute approximate surface area is 103 Å². The van der Waals surface area contributed by atoms with Gasteiger partial charge < -0.3 is 5.32 Å². The molecule has 4 heteroatoms. The lowest BCUT2D eigenvalue weighted by molar-refractivity contribution is 0.580. The van der Waals surface area contributed by atoms with Gasteiger partial charge in [0.1, 0.15) is 5.82 Å². The number of halogens is 2. The number of thiophene rings is 1. The van der Waals surface area contributed by atoms with Gasteiger partial charge in [-0.2, -0.15) is 0 Å². The van der Waals surface area contributed by atoms with Gasteiger partial charge in [-0.25, -0.2) is 4.39 Å². The van der Waals surface area contributed by atoms with Crippen molar-refractivity contribution in [1.29, 1.82) is 0 Å². The maximum atomic E-state index is 13.9. The third-order valence-electron chi connectivity index (χ3n) is 2.41. The van der Waals surface area contributed by atoms with Crippen molar-refractivity contribution in [2.45, 2.75) is 6.04 Å². The van der Waals surface area contributed by atoms with Gasteiger partial charge in [-0.1, -0.05) is 29.8 Å². The largest absolute Gasteiger partial charge is 0.309 e. The van der Waals surface area contributed by atoms with E-state index in [1.807, 2.05) is 24.6 Å². The molecule has 0 aliphatic rings. The van der Waals surface area contributed by atoms with Crippen LogP contribution in [0.2, 0.25) is 5.02 Å². The molecular formula is C12H11ClFNS. The standard InChI is InChI=1S/C12H11ClFNS/c1-15-12(10-6-3-7-16-10)8-4-2-5-9(13)11(8)14/h2-7,12,15H,1H3. The van der Waals surface area contributed by atoms with Crippen molar-refractivity contribution in [2.75, 3.05) is 7.05 Å². The van der Waals surface area contributed by atoms with Crippen LogP contribution in [0.25, 0.3) is 0 Å². The van der Waals surface area contributed by atoms with Crippen molar-refractivity contribution in [3.63, 3.8) is 0 Å². The van der Waals surface area contributed by atoms with E-state index in [2.05, 4.69) is 5.32 Å². The highest BCUT2D eigenvalue weighted by Crippen LogP contribution is 2.30. The van der Waals surface area contributed by atoms with E-state index in [0.29, 0.717) is 5.56 Å². The van der Waals surface area contributed by atoms with Crippen LogP contribution >= 0.6 is 22.9 Å². The van der Waals surface area contributed by atoms with Gasteiger partial charge in [0, 0.05) is 10.4 Å². The van der Waals surface area contributed by atoms with Crippen molar-refractivity contribution in [3.05, 3.63) is 57.0 Å². The maximum Gasteiger partial charge on any atom is 0.146 e. The molecule has 16 heavy (non-hydrogen) atoms. The summed E-state index contributed by atoms with van der Waals surface area (Å²) in [5.74, 6) is -0.350. The second-order valence-electron chi connectivity index (χ2n) is 3.38. The maximum absolute atomic E-state index is 13.9. The molecule has 0 aliphatic heterocycles. The second-order valence-corrected chi connectivity index (χ2v) is 4.77. The molecule has 1 unspecified atom stereocenters. The molecule has 0 saturated heterocycles. The molecule has 1 atom stereocenters. The van der Waals surface area contributed by atoms with Crippen LogP contribution in [0.5, 0.6) is 0 Å². The Hall–Kier alpha value is -0.900. The lowest BCUT2D eigenvalue weighted by Gasteiger charge is -2.16. The monoisotopic (exact) mass is 255 g/mol. The van der Waals surface area contributed by atoms with Crippen molar-refractivity contribution >= 4 is 22.9 Å². The highest BCUT2D eigenvalue weighted by molar-refractivity contribution is 7.10. The molecule has 0 amide bonds. The third-order valence-corrected chi connectivity index (χ3v) is 3.64. The van der Waals surface area contributed by atoms with E-state index < -0.39 is 0 Å². The van der Waals surface area contributed by atoms with E-state index in [9.17, 15) is 4.39 Å². The number of hydrogen-bond donors (Lipinski definition) is 1. The Kier molecular flexibility index (Phi) is 3.59. The fraction of sp³-hybridized carbons (Fsp3) is 0.167. The van der Waals surface area contributed by atoms with Crippen LogP contribution < -0.4 is 5.32 Å². The molecule has 84 valence electrons. The van der Waals surface area contributed by atoms with E-state index in [1.165, 1.54) is 0 Å². The normalized spacial score (nSPS) is 12.7. The van der Waals surface area contributed by atoms with E-state index >= 15 is 0 Å². The molecule has 0 bridgehead atoms. The summed E-state index contributed by atoms with van der Waals surface area (Å²) in [7, 11) is 1.81. The zero-order chi connectivity index (χ0) is 11.5. The van der Waals surface area contributed by atoms with E-state index in [0.717, 1.165) is 4.88 Å². The van der Waals surface area contributed by atoms with Crippen LogP contribution in [0.15, 0.2) is 35.7 Å². The molecule has 1 nitrogen and oxygen atoms in total. The van der Waals surface area contributed by atoms with Crippen molar-refractivity contribution in [1.82, 2.24) is 5.32 Å². The van der Waals surface area contributed by atoms with E-state index in [1.54, 1.807) is 29.5 Å². The van der Waals surface area contributed by atoms with E-state index in [-0.39, 0.29) is 16.9 Å². The van der Waals surface area contributed by atoms with Gasteiger partial charge in [-0.3, -0.25) is 0 Å². The molecule has 0 spiro atoms. The summed E-state index contributed by atoms with van der Waals surface area (Å²) >= 11 is 7.37. The van der Waals surface area contributed by atoms with E-state index in [4.69, 9.17) is 11.6 Å². The summed E-state index contributed by atoms with van der Waals surface area (Å²) < 4.78 is 13.9. The van der Waals surface area contributed by atoms with Crippen LogP contribution in [-0.2, 0) is 0 Å². The molecule has 1 aromatic heterocycles. The molecule has 0 saturated carbocycles. The van der Waals surface area contributed by atoms with Gasteiger partial charge in [-0.15, -0.1) is 11.3 Å². The lowest BCUT2D eigenvalue weighted by Crippen LogP contribution is -2.17. The van der Waals surface area contributed by atoms with Crippen LogP contribution in [0, 0.1) is 5.82 Å². The van der Waals surface area contributed by atoms with Gasteiger partial charge >= 0.3 is 0 Å². The zero-order valence-electron chi connectivity index (χ0n) is 8.71. The van der Waals surface area contributed by atoms with Gasteiger partial charge in [0.25, 0.3) is 0 Å². The lowest BCUT2D eigenvalue weighted by atomic mass is 10.1. The van der Waals surface area contributed by atoms with Crippen LogP contribution in [0.4, 0.5) is 4.39 Å². The van der Waals surface area contributed by atoms with Crippen molar-refractivity contribution in [3.8, 4) is 0 Å². The Morgan fingerprint density at radius 2 is 2.12 bits per heavy atom. The van der Waals surface area contributed by atoms with Gasteiger partial charge in [0.05, 0.1) is 11.1 Å². The van der Waals surface area contributed by atoms with Crippen molar-refractivity contribution < 1.29 is 4.39 Å². The summed E-state index contributed by atoms with van der Waals surface area (Å²) in [6.45, 7) is 0. The molecule has 0 radical (unpaired) electrons. The van der Waals surface area contributed by atoms with Crippen LogP contribution in [-0.4, -0.2) is 7.05 Å². The second kappa shape index (κ2) is 4.95. The van der Waals surface area contributed by atoms with Crippen LogP contribution in [0.1, 0.15) is 16.5 Å². The van der Waals surface area contributed by atoms with Crippen molar-refractivity contribution in [2.24, 2.45) is 0 Å². The topological polar surface area (TPSA) is 12.0 Å². The predicted octanol–water partition coefficient (Wildman–Crippen LogP) is 3.85. The van der Waals surface area contributed by atoms with Crippen LogP contribution in [0.3, 0.4) is 0 Å². The molecule has 1 heterocycles. The molecule has 1 N–H and O–H groups in total. The first-order valence-electron chi connectivity index (χ1n) is 4.88. The highest BCUT2D eigenvalue weighted by atomic mass is 35.5. The minimum absolute atomic E-state index is 0.140. The molecule has 1 aromatic carbocycles. The molecular weight excluding hydrogens is 245 g/mol. The summed E-state index contributed by atoms with van der Waals surface area (Å²) in [5, 5.41) is 5.24. The number of hydrogen-bond acceptors (Lipinski definition) is 2. The molecule has 0 fully saturated rings. The number of rotatable bonds is 3. The Morgan fingerprint density at radius 3 is 2.75 bits per heavy atom. The Bertz CT molecular complexity index is 470. The predicted molar refractivity (Wildman–Crippen MR) is 66.6 cm³/mol. The average molecular weight is 256 g/mol. The fourth-order valence-electron chi connectivity index (χ4n) is 1.65. The summed E-state index contributed by atoms with van der Waals surface area (Å²) in [5.41, 5.74) is 0.581. The zero-order valence-corrected chi connectivity index (χ0v) is 10.3. The summed E-state index contributed by atoms with van der Waals surface area (Å²) in [6.07, 6.45) is 0. The number of nitrogens with one attached hydrogen (secondary N) is 1. The SMILES string of the molecule is CNC(c1cccs1)c1cccc(Cl)c1F. The first-order chi connectivity index (χ1) is 7.74. The fourth-order valence-corrected chi connectivity index (χ4v) is 2.68. The summed E-state index contributed by atoms with van der Waals surface area (Å²) in [6, 6.07) is 8.86. The number of benzene rings is 1. The molecule has 2 aromatic rings. The average Bonchev–Trinajstić information content (AvgIpc) is 2.79. The van der Waals surface area contributed by atoms with Gasteiger partial charge in [-0.05, 0) is 24.6 Å². The minimum Gasteiger partial charge on any atom is -0.309 e. The Morgan fingerprint density at radius 1 is 1.31 bits per heavy atom. The Balaban J connectivity index is 2.45. The van der Waals surface area contributed by atoms with Gasteiger partial charge in [0.15, 0.2) is 0 Å². The smallest absolute Gasteiger partial charge is 0.146 e. The third kappa shape index (κ3) is 2.12. The highest BCUT2D eigenvalue weighted by Gasteiger charge is 2.18. The first kappa shape index (κ1) is 11.6. The first-order valence-corrected chi connectivity index (χ1v) is 6.14. The summed E-state index contributed by atoms with van der Waals surface area (Å²) in [4.78, 5) is 1.07. The quantitative estimate of drug-likeness (QED) is 0.879. The molecule has 2 rings (SSSR count). The van der Waals surface area contributed by atoms with Gasteiger partial charge in [0.2, 0.25) is 0 Å². The molecule has 0 aliphatic carbocycles. The minimum atomic E-state index is -0.350.